The number of aliphatic hydroxyl groups is 1. The van der Waals surface area contributed by atoms with E-state index in [2.05, 4.69) is 31.4 Å². The Labute approximate surface area is 104 Å². The number of nitrogens with zero attached hydrogens (tertiary/aromatic N) is 1. The fourth-order valence-corrected chi connectivity index (χ4v) is 3.52. The average Bonchev–Trinajstić information content (AvgIpc) is 2.41. The number of fused-ring (bicyclic) bond motifs is 1. The average molecular weight is 233 g/mol. The fourth-order valence-electron chi connectivity index (χ4n) is 3.52. The molecular formula is C15H23NO. The molecule has 0 bridgehead atoms. The van der Waals surface area contributed by atoms with Crippen LogP contribution in [-0.4, -0.2) is 9.67 Å². The molecule has 0 radical (unpaired) electrons. The van der Waals surface area contributed by atoms with Crippen LogP contribution in [0.2, 0.25) is 0 Å². The van der Waals surface area contributed by atoms with Crippen LogP contribution >= 0.6 is 0 Å². The molecule has 2 aliphatic rings. The lowest BCUT2D eigenvalue weighted by Crippen LogP contribution is -2.29. The van der Waals surface area contributed by atoms with Crippen LogP contribution in [-0.2, 0) is 6.42 Å². The first-order chi connectivity index (χ1) is 7.98. The molecule has 1 aromatic rings. The van der Waals surface area contributed by atoms with E-state index in [0.29, 0.717) is 6.04 Å². The van der Waals surface area contributed by atoms with E-state index in [0.717, 1.165) is 12.8 Å². The van der Waals surface area contributed by atoms with Crippen molar-refractivity contribution in [2.75, 3.05) is 0 Å². The van der Waals surface area contributed by atoms with Gasteiger partial charge in [0, 0.05) is 23.0 Å². The smallest absolute Gasteiger partial charge is 0.0812 e. The molecule has 0 saturated heterocycles. The van der Waals surface area contributed by atoms with E-state index in [-0.39, 0.29) is 11.5 Å². The molecule has 1 N–H and O–H groups in total. The van der Waals surface area contributed by atoms with Crippen LogP contribution in [0.1, 0.15) is 68.6 Å². The summed E-state index contributed by atoms with van der Waals surface area (Å²) < 4.78 is 2.52. The number of aryl methyl sites for hydroxylation is 1. The topological polar surface area (TPSA) is 25.2 Å². The molecule has 1 heterocycles. The van der Waals surface area contributed by atoms with Gasteiger partial charge in [-0.2, -0.15) is 0 Å². The van der Waals surface area contributed by atoms with Crippen molar-refractivity contribution in [3.8, 4) is 0 Å². The monoisotopic (exact) mass is 233 g/mol. The third kappa shape index (κ3) is 1.74. The number of aromatic nitrogens is 1. The van der Waals surface area contributed by atoms with Crippen LogP contribution in [0.3, 0.4) is 0 Å². The van der Waals surface area contributed by atoms with Crippen LogP contribution in [0.5, 0.6) is 0 Å². The van der Waals surface area contributed by atoms with Gasteiger partial charge in [-0.25, -0.2) is 0 Å². The molecule has 94 valence electrons. The van der Waals surface area contributed by atoms with Crippen molar-refractivity contribution in [3.63, 3.8) is 0 Å². The summed E-state index contributed by atoms with van der Waals surface area (Å²) in [5.74, 6) is 0. The van der Waals surface area contributed by atoms with Crippen molar-refractivity contribution in [3.05, 3.63) is 23.0 Å². The first-order valence-electron chi connectivity index (χ1n) is 6.87. The lowest BCUT2D eigenvalue weighted by atomic mass is 9.75. The number of rotatable bonds is 1. The van der Waals surface area contributed by atoms with Gasteiger partial charge in [0.1, 0.15) is 0 Å². The zero-order chi connectivity index (χ0) is 12.2. The second-order valence-electron chi connectivity index (χ2n) is 6.70. The predicted molar refractivity (Wildman–Crippen MR) is 69.1 cm³/mol. The molecule has 0 aromatic carbocycles. The minimum absolute atomic E-state index is 0.235. The molecule has 17 heavy (non-hydrogen) atoms. The zero-order valence-electron chi connectivity index (χ0n) is 11.2. The Morgan fingerprint density at radius 1 is 1.35 bits per heavy atom. The van der Waals surface area contributed by atoms with Gasteiger partial charge in [-0.1, -0.05) is 13.8 Å². The Kier molecular flexibility index (Phi) is 2.41. The lowest BCUT2D eigenvalue weighted by Gasteiger charge is -2.37. The van der Waals surface area contributed by atoms with Crippen molar-refractivity contribution in [1.29, 1.82) is 0 Å². The normalized spacial score (nSPS) is 27.6. The highest BCUT2D eigenvalue weighted by molar-refractivity contribution is 5.34. The van der Waals surface area contributed by atoms with Crippen LogP contribution in [0.25, 0.3) is 0 Å². The molecule has 1 fully saturated rings. The molecule has 1 aromatic heterocycles. The summed E-state index contributed by atoms with van der Waals surface area (Å²) in [5.41, 5.74) is 4.19. The first-order valence-corrected chi connectivity index (χ1v) is 6.87. The highest BCUT2D eigenvalue weighted by atomic mass is 16.3. The Hall–Kier alpha value is -0.760. The van der Waals surface area contributed by atoms with Gasteiger partial charge < -0.3 is 9.67 Å². The van der Waals surface area contributed by atoms with Gasteiger partial charge >= 0.3 is 0 Å². The summed E-state index contributed by atoms with van der Waals surface area (Å²) in [6.07, 6.45) is 5.76. The fraction of sp³-hybridized carbons (Fsp3) is 0.733. The van der Waals surface area contributed by atoms with Crippen LogP contribution in [0.15, 0.2) is 6.07 Å². The summed E-state index contributed by atoms with van der Waals surface area (Å²) >= 11 is 0. The first kappa shape index (κ1) is 11.3. The van der Waals surface area contributed by atoms with Crippen molar-refractivity contribution in [2.45, 2.75) is 65.0 Å². The second kappa shape index (κ2) is 3.61. The maximum atomic E-state index is 10.3. The number of hydrogen-bond acceptors (Lipinski definition) is 1. The molecule has 0 spiro atoms. The SMILES string of the molecule is Cc1cc2c(n1C1CCC1)CC(C)(C)CC2O. The predicted octanol–water partition coefficient (Wildman–Crippen LogP) is 3.53. The van der Waals surface area contributed by atoms with Gasteiger partial charge in [0.25, 0.3) is 0 Å². The third-order valence-electron chi connectivity index (χ3n) is 4.56. The van der Waals surface area contributed by atoms with E-state index in [9.17, 15) is 5.11 Å². The van der Waals surface area contributed by atoms with E-state index in [1.54, 1.807) is 0 Å². The highest BCUT2D eigenvalue weighted by Gasteiger charge is 2.36. The lowest BCUT2D eigenvalue weighted by molar-refractivity contribution is 0.0964. The van der Waals surface area contributed by atoms with Gasteiger partial charge in [0.2, 0.25) is 0 Å². The molecule has 0 aliphatic heterocycles. The van der Waals surface area contributed by atoms with Gasteiger partial charge in [0.05, 0.1) is 6.10 Å². The second-order valence-corrected chi connectivity index (χ2v) is 6.70. The quantitative estimate of drug-likeness (QED) is 0.788. The van der Waals surface area contributed by atoms with Crippen molar-refractivity contribution >= 4 is 0 Å². The molecular weight excluding hydrogens is 210 g/mol. The molecule has 2 heteroatoms. The summed E-state index contributed by atoms with van der Waals surface area (Å²) in [6, 6.07) is 2.92. The minimum atomic E-state index is -0.256. The van der Waals surface area contributed by atoms with Gasteiger partial charge in [0.15, 0.2) is 0 Å². The van der Waals surface area contributed by atoms with E-state index in [1.165, 1.54) is 36.2 Å². The Morgan fingerprint density at radius 2 is 2.06 bits per heavy atom. The Balaban J connectivity index is 2.06. The van der Waals surface area contributed by atoms with Crippen molar-refractivity contribution in [2.24, 2.45) is 5.41 Å². The molecule has 3 rings (SSSR count). The molecule has 0 amide bonds. The summed E-state index contributed by atoms with van der Waals surface area (Å²) in [7, 11) is 0. The molecule has 1 unspecified atom stereocenters. The largest absolute Gasteiger partial charge is 0.388 e. The zero-order valence-corrected chi connectivity index (χ0v) is 11.2. The standard InChI is InChI=1S/C15H23NO/c1-10-7-12-13(16(10)11-5-4-6-11)8-15(2,3)9-14(12)17/h7,11,14,17H,4-6,8-9H2,1-3H3. The number of hydrogen-bond donors (Lipinski definition) is 1. The molecule has 1 atom stereocenters. The van der Waals surface area contributed by atoms with Crippen molar-refractivity contribution in [1.82, 2.24) is 4.57 Å². The minimum Gasteiger partial charge on any atom is -0.388 e. The van der Waals surface area contributed by atoms with Crippen molar-refractivity contribution < 1.29 is 5.11 Å². The maximum Gasteiger partial charge on any atom is 0.0812 e. The van der Waals surface area contributed by atoms with Crippen LogP contribution in [0.4, 0.5) is 0 Å². The Bertz CT molecular complexity index is 440. The molecule has 2 aliphatic carbocycles. The Morgan fingerprint density at radius 3 is 2.65 bits per heavy atom. The van der Waals surface area contributed by atoms with E-state index >= 15 is 0 Å². The van der Waals surface area contributed by atoms with Crippen LogP contribution in [0, 0.1) is 12.3 Å². The van der Waals surface area contributed by atoms with Crippen LogP contribution < -0.4 is 0 Å². The van der Waals surface area contributed by atoms with E-state index < -0.39 is 0 Å². The summed E-state index contributed by atoms with van der Waals surface area (Å²) in [5, 5.41) is 10.3. The molecule has 1 saturated carbocycles. The maximum absolute atomic E-state index is 10.3. The third-order valence-corrected chi connectivity index (χ3v) is 4.56. The highest BCUT2D eigenvalue weighted by Crippen LogP contribution is 2.45. The summed E-state index contributed by atoms with van der Waals surface area (Å²) in [4.78, 5) is 0. The van der Waals surface area contributed by atoms with E-state index in [4.69, 9.17) is 0 Å². The molecule has 2 nitrogen and oxygen atoms in total. The van der Waals surface area contributed by atoms with Gasteiger partial charge in [-0.3, -0.25) is 0 Å². The van der Waals surface area contributed by atoms with E-state index in [1.807, 2.05) is 0 Å². The van der Waals surface area contributed by atoms with Gasteiger partial charge in [-0.15, -0.1) is 0 Å². The van der Waals surface area contributed by atoms with Gasteiger partial charge in [-0.05, 0) is 50.5 Å². The number of aliphatic hydroxyl groups excluding tert-OH is 1. The summed E-state index contributed by atoms with van der Waals surface area (Å²) in [6.45, 7) is 6.73.